The van der Waals surface area contributed by atoms with Crippen LogP contribution in [-0.2, 0) is 0 Å². The zero-order valence-corrected chi connectivity index (χ0v) is 14.2. The molecule has 0 radical (unpaired) electrons. The molecule has 1 aliphatic heterocycles. The van der Waals surface area contributed by atoms with Gasteiger partial charge < -0.3 is 15.0 Å². The number of aromatic nitrogens is 3. The fourth-order valence-electron chi connectivity index (χ4n) is 2.61. The molecule has 1 saturated heterocycles. The molecule has 2 aromatic rings. The molecule has 0 aliphatic carbocycles. The molecule has 6 nitrogen and oxygen atoms in total. The van der Waals surface area contributed by atoms with Gasteiger partial charge in [-0.25, -0.2) is 4.39 Å². The number of hydrogen-bond acceptors (Lipinski definition) is 6. The molecule has 1 aliphatic rings. The molecule has 24 heavy (non-hydrogen) atoms. The van der Waals surface area contributed by atoms with Crippen LogP contribution in [0.15, 0.2) is 18.2 Å². The summed E-state index contributed by atoms with van der Waals surface area (Å²) in [6, 6.07) is 4.58. The van der Waals surface area contributed by atoms with Crippen molar-refractivity contribution in [1.82, 2.24) is 15.0 Å². The third-order valence-electron chi connectivity index (χ3n) is 3.85. The van der Waals surface area contributed by atoms with Gasteiger partial charge in [0.2, 0.25) is 11.9 Å². The second kappa shape index (κ2) is 7.61. The Kier molecular flexibility index (Phi) is 5.30. The fraction of sp³-hybridized carbons (Fsp3) is 0.438. The van der Waals surface area contributed by atoms with Crippen molar-refractivity contribution in [1.29, 1.82) is 0 Å². The van der Waals surface area contributed by atoms with Crippen LogP contribution in [0, 0.1) is 5.82 Å². The van der Waals surface area contributed by atoms with Crippen molar-refractivity contribution >= 4 is 29.2 Å². The lowest BCUT2D eigenvalue weighted by Gasteiger charge is -2.20. The summed E-state index contributed by atoms with van der Waals surface area (Å²) < 4.78 is 18.5. The molecule has 3 rings (SSSR count). The number of hydrogen-bond donors (Lipinski definition) is 1. The summed E-state index contributed by atoms with van der Waals surface area (Å²) in [5, 5.41) is 3.06. The molecule has 1 aromatic heterocycles. The van der Waals surface area contributed by atoms with Gasteiger partial charge in [-0.05, 0) is 31.0 Å². The van der Waals surface area contributed by atoms with Gasteiger partial charge in [0.05, 0.1) is 12.1 Å². The van der Waals surface area contributed by atoms with Gasteiger partial charge in [0, 0.05) is 18.8 Å². The Labute approximate surface area is 145 Å². The van der Waals surface area contributed by atoms with Crippen LogP contribution in [0.2, 0.25) is 5.02 Å². The van der Waals surface area contributed by atoms with Gasteiger partial charge in [-0.15, -0.1) is 0 Å². The van der Waals surface area contributed by atoms with E-state index in [4.69, 9.17) is 16.3 Å². The maximum Gasteiger partial charge on any atom is 0.322 e. The Hall–Kier alpha value is -2.15. The zero-order valence-electron chi connectivity index (χ0n) is 13.4. The van der Waals surface area contributed by atoms with Crippen LogP contribution in [0.1, 0.15) is 25.7 Å². The van der Waals surface area contributed by atoms with Crippen LogP contribution in [0.25, 0.3) is 0 Å². The van der Waals surface area contributed by atoms with Crippen molar-refractivity contribution in [3.05, 3.63) is 29.0 Å². The number of nitrogens with one attached hydrogen (secondary N) is 1. The molecule has 128 valence electrons. The van der Waals surface area contributed by atoms with Crippen LogP contribution in [0.4, 0.5) is 22.0 Å². The van der Waals surface area contributed by atoms with E-state index in [1.165, 1.54) is 32.1 Å². The van der Waals surface area contributed by atoms with E-state index < -0.39 is 5.82 Å². The van der Waals surface area contributed by atoms with Gasteiger partial charge in [-0.1, -0.05) is 24.4 Å². The molecule has 0 atom stereocenters. The van der Waals surface area contributed by atoms with Crippen molar-refractivity contribution in [2.24, 2.45) is 0 Å². The predicted octanol–water partition coefficient (Wildman–Crippen LogP) is 3.80. The van der Waals surface area contributed by atoms with E-state index in [0.29, 0.717) is 17.6 Å². The van der Waals surface area contributed by atoms with Crippen molar-refractivity contribution in [2.45, 2.75) is 25.7 Å². The van der Waals surface area contributed by atoms with Gasteiger partial charge in [0.25, 0.3) is 0 Å². The Morgan fingerprint density at radius 3 is 2.54 bits per heavy atom. The Morgan fingerprint density at radius 1 is 1.12 bits per heavy atom. The molecule has 0 bridgehead atoms. The Bertz CT molecular complexity index is 707. The molecule has 0 spiro atoms. The highest BCUT2D eigenvalue weighted by Gasteiger charge is 2.16. The lowest BCUT2D eigenvalue weighted by atomic mass is 10.2. The summed E-state index contributed by atoms with van der Waals surface area (Å²) in [5.74, 6) is 0.448. The SMILES string of the molecule is COc1nc(Nc2ccc(F)c(Cl)c2)nc(N2CCCCCC2)n1. The number of anilines is 3. The number of ether oxygens (including phenoxy) is 1. The normalized spacial score (nSPS) is 15.0. The van der Waals surface area contributed by atoms with Crippen molar-refractivity contribution in [3.63, 3.8) is 0 Å². The third-order valence-corrected chi connectivity index (χ3v) is 4.14. The minimum Gasteiger partial charge on any atom is -0.467 e. The second-order valence-corrected chi connectivity index (χ2v) is 6.01. The van der Waals surface area contributed by atoms with E-state index >= 15 is 0 Å². The van der Waals surface area contributed by atoms with E-state index in [2.05, 4.69) is 25.2 Å². The Morgan fingerprint density at radius 2 is 1.88 bits per heavy atom. The predicted molar refractivity (Wildman–Crippen MR) is 91.8 cm³/mol. The van der Waals surface area contributed by atoms with Gasteiger partial charge >= 0.3 is 6.01 Å². The average Bonchev–Trinajstić information content (AvgIpc) is 2.87. The first-order valence-corrected chi connectivity index (χ1v) is 8.30. The van der Waals surface area contributed by atoms with E-state index in [1.54, 1.807) is 6.07 Å². The van der Waals surface area contributed by atoms with Crippen LogP contribution < -0.4 is 15.0 Å². The lowest BCUT2D eigenvalue weighted by molar-refractivity contribution is 0.379. The van der Waals surface area contributed by atoms with Crippen molar-refractivity contribution < 1.29 is 9.13 Å². The summed E-state index contributed by atoms with van der Waals surface area (Å²) in [5.41, 5.74) is 0.594. The first-order valence-electron chi connectivity index (χ1n) is 7.93. The van der Waals surface area contributed by atoms with Crippen molar-refractivity contribution in [3.8, 4) is 6.01 Å². The number of benzene rings is 1. The molecule has 8 heteroatoms. The maximum atomic E-state index is 13.3. The topological polar surface area (TPSA) is 63.2 Å². The van der Waals surface area contributed by atoms with Gasteiger partial charge in [-0.2, -0.15) is 15.0 Å². The van der Waals surface area contributed by atoms with Crippen LogP contribution in [-0.4, -0.2) is 35.2 Å². The third kappa shape index (κ3) is 4.03. The molecule has 2 heterocycles. The molecular formula is C16H19ClFN5O. The summed E-state index contributed by atoms with van der Waals surface area (Å²) in [7, 11) is 1.51. The molecule has 0 amide bonds. The molecule has 0 unspecified atom stereocenters. The van der Waals surface area contributed by atoms with E-state index in [-0.39, 0.29) is 11.0 Å². The minimum absolute atomic E-state index is 0.0359. The first kappa shape index (κ1) is 16.7. The molecule has 1 aromatic carbocycles. The fourth-order valence-corrected chi connectivity index (χ4v) is 2.79. The van der Waals surface area contributed by atoms with Gasteiger partial charge in [0.1, 0.15) is 5.82 Å². The second-order valence-electron chi connectivity index (χ2n) is 5.60. The highest BCUT2D eigenvalue weighted by atomic mass is 35.5. The summed E-state index contributed by atoms with van der Waals surface area (Å²) in [6.45, 7) is 1.82. The molecule has 1 fully saturated rings. The standard InChI is InChI=1S/C16H19ClFN5O/c1-24-16-21-14(19-11-6-7-13(18)12(17)10-11)20-15(22-16)23-8-4-2-3-5-9-23/h6-7,10H,2-5,8-9H2,1H3,(H,19,20,21,22). The van der Waals surface area contributed by atoms with Crippen LogP contribution >= 0.6 is 11.6 Å². The summed E-state index contributed by atoms with van der Waals surface area (Å²) >= 11 is 5.81. The quantitative estimate of drug-likeness (QED) is 0.904. The van der Waals surface area contributed by atoms with Gasteiger partial charge in [0.15, 0.2) is 0 Å². The van der Waals surface area contributed by atoms with Gasteiger partial charge in [-0.3, -0.25) is 0 Å². The van der Waals surface area contributed by atoms with E-state index in [0.717, 1.165) is 25.9 Å². The lowest BCUT2D eigenvalue weighted by Crippen LogP contribution is -2.26. The smallest absolute Gasteiger partial charge is 0.322 e. The average molecular weight is 352 g/mol. The largest absolute Gasteiger partial charge is 0.467 e. The van der Waals surface area contributed by atoms with E-state index in [9.17, 15) is 4.39 Å². The maximum absolute atomic E-state index is 13.3. The molecule has 1 N–H and O–H groups in total. The highest BCUT2D eigenvalue weighted by Crippen LogP contribution is 2.24. The van der Waals surface area contributed by atoms with Crippen molar-refractivity contribution in [2.75, 3.05) is 30.4 Å². The number of rotatable bonds is 4. The first-order chi connectivity index (χ1) is 11.7. The minimum atomic E-state index is -0.472. The van der Waals surface area contributed by atoms with E-state index in [1.807, 2.05) is 0 Å². The summed E-state index contributed by atoms with van der Waals surface area (Å²) in [6.07, 6.45) is 4.67. The highest BCUT2D eigenvalue weighted by molar-refractivity contribution is 6.31. The monoisotopic (exact) mass is 351 g/mol. The number of nitrogens with zero attached hydrogens (tertiary/aromatic N) is 4. The Balaban J connectivity index is 1.86. The summed E-state index contributed by atoms with van der Waals surface area (Å²) in [4.78, 5) is 15.2. The number of halogens is 2. The van der Waals surface area contributed by atoms with Crippen LogP contribution in [0.5, 0.6) is 6.01 Å². The number of methoxy groups -OCH3 is 1. The zero-order chi connectivity index (χ0) is 16.9. The van der Waals surface area contributed by atoms with Crippen LogP contribution in [0.3, 0.4) is 0 Å². The molecular weight excluding hydrogens is 333 g/mol. The molecule has 0 saturated carbocycles.